The van der Waals surface area contributed by atoms with Crippen molar-refractivity contribution >= 4 is 18.0 Å². The molecule has 2 N–H and O–H groups in total. The topological polar surface area (TPSA) is 95.9 Å². The van der Waals surface area contributed by atoms with Crippen LogP contribution in [0.5, 0.6) is 0 Å². The van der Waals surface area contributed by atoms with E-state index < -0.39 is 18.1 Å². The second-order valence-corrected chi connectivity index (χ2v) is 9.42. The maximum Gasteiger partial charge on any atom is 0.407 e. The van der Waals surface area contributed by atoms with Gasteiger partial charge in [-0.05, 0) is 48.4 Å². The summed E-state index contributed by atoms with van der Waals surface area (Å²) in [7, 11) is 0. The maximum absolute atomic E-state index is 13.2. The van der Waals surface area contributed by atoms with E-state index in [0.717, 1.165) is 22.3 Å². The van der Waals surface area contributed by atoms with Crippen LogP contribution in [0.2, 0.25) is 0 Å². The number of aliphatic carboxylic acids is 1. The average Bonchev–Trinajstić information content (AvgIpc) is 3.10. The van der Waals surface area contributed by atoms with Crippen molar-refractivity contribution in [1.82, 2.24) is 10.2 Å². The van der Waals surface area contributed by atoms with E-state index in [2.05, 4.69) is 29.6 Å². The van der Waals surface area contributed by atoms with Gasteiger partial charge in [0.1, 0.15) is 12.6 Å². The number of hydrogen-bond acceptors (Lipinski definition) is 4. The van der Waals surface area contributed by atoms with Gasteiger partial charge in [-0.15, -0.1) is 0 Å². The van der Waals surface area contributed by atoms with E-state index >= 15 is 0 Å². The van der Waals surface area contributed by atoms with Crippen LogP contribution in [0.15, 0.2) is 48.5 Å². The van der Waals surface area contributed by atoms with Crippen molar-refractivity contribution in [3.63, 3.8) is 0 Å². The fraction of sp³-hybridized carbons (Fsp3) is 0.444. The molecule has 0 heterocycles. The van der Waals surface area contributed by atoms with Gasteiger partial charge in [0, 0.05) is 18.5 Å². The summed E-state index contributed by atoms with van der Waals surface area (Å²) >= 11 is 0. The Hall–Kier alpha value is -3.35. The Morgan fingerprint density at radius 2 is 1.53 bits per heavy atom. The molecule has 3 rings (SSSR count). The zero-order valence-corrected chi connectivity index (χ0v) is 20.3. The third-order valence-corrected chi connectivity index (χ3v) is 6.11. The largest absolute Gasteiger partial charge is 0.481 e. The highest BCUT2D eigenvalue weighted by atomic mass is 16.5. The van der Waals surface area contributed by atoms with Gasteiger partial charge in [-0.3, -0.25) is 9.59 Å². The second kappa shape index (κ2) is 11.2. The van der Waals surface area contributed by atoms with E-state index in [1.165, 1.54) is 4.90 Å². The number of carbonyl (C=O) groups excluding carboxylic acids is 2. The number of ether oxygens (including phenoxy) is 1. The molecule has 0 saturated heterocycles. The first-order valence-electron chi connectivity index (χ1n) is 11.8. The van der Waals surface area contributed by atoms with E-state index in [0.29, 0.717) is 6.42 Å². The lowest BCUT2D eigenvalue weighted by Crippen LogP contribution is -2.51. The Labute approximate surface area is 201 Å². The number of benzene rings is 2. The molecular formula is C27H34N2O5. The molecule has 2 aromatic carbocycles. The number of hydrogen-bond donors (Lipinski definition) is 2. The molecule has 2 amide bonds. The molecular weight excluding hydrogens is 432 g/mol. The van der Waals surface area contributed by atoms with E-state index in [9.17, 15) is 14.4 Å². The van der Waals surface area contributed by atoms with E-state index in [1.807, 2.05) is 52.0 Å². The molecule has 7 heteroatoms. The lowest BCUT2D eigenvalue weighted by molar-refractivity contribution is -0.140. The van der Waals surface area contributed by atoms with Gasteiger partial charge in [0.25, 0.3) is 0 Å². The zero-order valence-electron chi connectivity index (χ0n) is 20.3. The lowest BCUT2D eigenvalue weighted by atomic mass is 9.98. The Morgan fingerprint density at radius 1 is 0.971 bits per heavy atom. The minimum Gasteiger partial charge on any atom is -0.481 e. The normalized spacial score (nSPS) is 13.4. The van der Waals surface area contributed by atoms with Crippen LogP contribution in [0.1, 0.15) is 57.6 Å². The summed E-state index contributed by atoms with van der Waals surface area (Å²) in [6.45, 7) is 7.86. The number of nitrogens with one attached hydrogen (secondary N) is 1. The summed E-state index contributed by atoms with van der Waals surface area (Å²) in [6, 6.07) is 15.2. The minimum absolute atomic E-state index is 0.0693. The Bertz CT molecular complexity index is 988. The van der Waals surface area contributed by atoms with Gasteiger partial charge in [0.05, 0.1) is 6.42 Å². The first-order valence-corrected chi connectivity index (χ1v) is 11.8. The molecule has 182 valence electrons. The summed E-state index contributed by atoms with van der Waals surface area (Å²) in [5.41, 5.74) is 4.52. The number of fused-ring (bicyclic) bond motifs is 3. The van der Waals surface area contributed by atoms with Crippen LogP contribution in [0, 0.1) is 5.92 Å². The van der Waals surface area contributed by atoms with Crippen molar-refractivity contribution < 1.29 is 24.2 Å². The Kier molecular flexibility index (Phi) is 8.31. The molecule has 0 radical (unpaired) electrons. The van der Waals surface area contributed by atoms with E-state index in [4.69, 9.17) is 9.84 Å². The van der Waals surface area contributed by atoms with Crippen molar-refractivity contribution in [2.45, 2.75) is 58.5 Å². The number of alkyl carbamates (subject to hydrolysis) is 1. The van der Waals surface area contributed by atoms with E-state index in [1.54, 1.807) is 0 Å². The standard InChI is InChI=1S/C27H34N2O5/c1-17(2)15-24(26(32)29(18(3)4)14-13-25(30)31)28-27(33)34-16-23-21-11-7-5-9-19(21)20-10-6-8-12-22(20)23/h5-12,17-18,23-24H,13-16H2,1-4H3,(H,28,33)(H,30,31)/t24-/m0/s1. The number of carboxylic acids is 1. The fourth-order valence-corrected chi connectivity index (χ4v) is 4.51. The molecule has 0 fully saturated rings. The molecule has 0 unspecified atom stereocenters. The number of rotatable bonds is 10. The smallest absolute Gasteiger partial charge is 0.407 e. The van der Waals surface area contributed by atoms with Crippen LogP contribution < -0.4 is 5.32 Å². The van der Waals surface area contributed by atoms with Crippen molar-refractivity contribution in [2.24, 2.45) is 5.92 Å². The van der Waals surface area contributed by atoms with Crippen LogP contribution in [-0.2, 0) is 14.3 Å². The van der Waals surface area contributed by atoms with Crippen LogP contribution >= 0.6 is 0 Å². The second-order valence-electron chi connectivity index (χ2n) is 9.42. The Balaban J connectivity index is 1.69. The molecule has 1 aliphatic rings. The van der Waals surface area contributed by atoms with Crippen molar-refractivity contribution in [2.75, 3.05) is 13.2 Å². The predicted molar refractivity (Wildman–Crippen MR) is 131 cm³/mol. The first kappa shape index (κ1) is 25.3. The number of carboxylic acid groups (broad SMARTS) is 1. The van der Waals surface area contributed by atoms with Crippen LogP contribution in [0.4, 0.5) is 4.79 Å². The fourth-order valence-electron chi connectivity index (χ4n) is 4.51. The molecule has 0 aromatic heterocycles. The minimum atomic E-state index is -0.969. The highest BCUT2D eigenvalue weighted by Gasteiger charge is 2.31. The SMILES string of the molecule is CC(C)C[C@H](NC(=O)OCC1c2ccccc2-c2ccccc21)C(=O)N(CCC(=O)O)C(C)C. The molecule has 34 heavy (non-hydrogen) atoms. The first-order chi connectivity index (χ1) is 16.2. The van der Waals surface area contributed by atoms with Gasteiger partial charge in [0.2, 0.25) is 5.91 Å². The van der Waals surface area contributed by atoms with Crippen LogP contribution in [0.25, 0.3) is 11.1 Å². The molecule has 1 atom stereocenters. The third kappa shape index (κ3) is 5.95. The van der Waals surface area contributed by atoms with Gasteiger partial charge in [-0.25, -0.2) is 4.79 Å². The van der Waals surface area contributed by atoms with Crippen molar-refractivity contribution in [3.05, 3.63) is 59.7 Å². The number of amides is 2. The summed E-state index contributed by atoms with van der Waals surface area (Å²) in [6.07, 6.45) is -0.370. The molecule has 0 bridgehead atoms. The predicted octanol–water partition coefficient (Wildman–Crippen LogP) is 4.65. The zero-order chi connectivity index (χ0) is 24.8. The molecule has 0 saturated carbocycles. The van der Waals surface area contributed by atoms with Gasteiger partial charge >= 0.3 is 12.1 Å². The summed E-state index contributed by atoms with van der Waals surface area (Å²) in [5, 5.41) is 11.8. The van der Waals surface area contributed by atoms with Gasteiger partial charge in [-0.2, -0.15) is 0 Å². The summed E-state index contributed by atoms with van der Waals surface area (Å²) in [5.74, 6) is -1.18. The highest BCUT2D eigenvalue weighted by molar-refractivity contribution is 5.86. The third-order valence-electron chi connectivity index (χ3n) is 6.11. The molecule has 1 aliphatic carbocycles. The van der Waals surface area contributed by atoms with Crippen LogP contribution in [-0.4, -0.2) is 53.2 Å². The van der Waals surface area contributed by atoms with Crippen molar-refractivity contribution in [3.8, 4) is 11.1 Å². The van der Waals surface area contributed by atoms with Crippen molar-refractivity contribution in [1.29, 1.82) is 0 Å². The van der Waals surface area contributed by atoms with Gasteiger partial charge < -0.3 is 20.1 Å². The molecule has 0 spiro atoms. The van der Waals surface area contributed by atoms with Gasteiger partial charge in [-0.1, -0.05) is 62.4 Å². The molecule has 7 nitrogen and oxygen atoms in total. The highest BCUT2D eigenvalue weighted by Crippen LogP contribution is 2.44. The van der Waals surface area contributed by atoms with E-state index in [-0.39, 0.29) is 43.4 Å². The Morgan fingerprint density at radius 3 is 2.03 bits per heavy atom. The van der Waals surface area contributed by atoms with Crippen LogP contribution in [0.3, 0.4) is 0 Å². The molecule has 0 aliphatic heterocycles. The average molecular weight is 467 g/mol. The maximum atomic E-state index is 13.2. The monoisotopic (exact) mass is 466 g/mol. The van der Waals surface area contributed by atoms with Gasteiger partial charge in [0.15, 0.2) is 0 Å². The summed E-state index contributed by atoms with van der Waals surface area (Å²) in [4.78, 5) is 38.5. The lowest BCUT2D eigenvalue weighted by Gasteiger charge is -2.31. The number of carbonyl (C=O) groups is 3. The number of nitrogens with zero attached hydrogens (tertiary/aromatic N) is 1. The quantitative estimate of drug-likeness (QED) is 0.531. The summed E-state index contributed by atoms with van der Waals surface area (Å²) < 4.78 is 5.63. The molecule has 2 aromatic rings.